The van der Waals surface area contributed by atoms with Gasteiger partial charge in [0.15, 0.2) is 23.0 Å². The van der Waals surface area contributed by atoms with Crippen LogP contribution in [0.2, 0.25) is 0 Å². The van der Waals surface area contributed by atoms with Gasteiger partial charge in [-0.15, -0.1) is 11.3 Å². The summed E-state index contributed by atoms with van der Waals surface area (Å²) in [5.41, 5.74) is 1.98. The zero-order chi connectivity index (χ0) is 23.1. The van der Waals surface area contributed by atoms with E-state index in [4.69, 9.17) is 18.9 Å². The lowest BCUT2D eigenvalue weighted by Gasteiger charge is -2.11. The first-order valence-electron chi connectivity index (χ1n) is 9.37. The number of aromatic nitrogens is 1. The Kier molecular flexibility index (Phi) is 7.82. The maximum Gasteiger partial charge on any atom is 0.387 e. The number of benzene rings is 2. The summed E-state index contributed by atoms with van der Waals surface area (Å²) in [6.07, 6.45) is -0.00645. The summed E-state index contributed by atoms with van der Waals surface area (Å²) in [5, 5.41) is 2.51. The first-order valence-corrected chi connectivity index (χ1v) is 10.3. The first-order chi connectivity index (χ1) is 15.4. The van der Waals surface area contributed by atoms with Gasteiger partial charge in [-0.2, -0.15) is 8.78 Å². The van der Waals surface area contributed by atoms with Crippen LogP contribution in [-0.2, 0) is 22.6 Å². The van der Waals surface area contributed by atoms with E-state index >= 15 is 0 Å². The van der Waals surface area contributed by atoms with E-state index in [1.165, 1.54) is 36.6 Å². The highest BCUT2D eigenvalue weighted by atomic mass is 32.1. The van der Waals surface area contributed by atoms with Crippen LogP contribution in [0, 0.1) is 0 Å². The van der Waals surface area contributed by atoms with Crippen LogP contribution >= 0.6 is 11.3 Å². The molecule has 0 radical (unpaired) electrons. The average Bonchev–Trinajstić information content (AvgIpc) is 3.25. The lowest BCUT2D eigenvalue weighted by Crippen LogP contribution is -2.09. The summed E-state index contributed by atoms with van der Waals surface area (Å²) >= 11 is 1.40. The number of ether oxygens (including phenoxy) is 5. The zero-order valence-corrected chi connectivity index (χ0v) is 18.4. The van der Waals surface area contributed by atoms with E-state index in [0.29, 0.717) is 22.8 Å². The molecule has 2 aromatic carbocycles. The topological polar surface area (TPSA) is 76.1 Å². The lowest BCUT2D eigenvalue weighted by molar-refractivity contribution is -0.144. The van der Waals surface area contributed by atoms with Crippen LogP contribution in [0.25, 0.3) is 10.6 Å². The molecule has 0 aliphatic rings. The fraction of sp³-hybridized carbons (Fsp3) is 0.273. The van der Waals surface area contributed by atoms with Crippen molar-refractivity contribution < 1.29 is 37.3 Å². The third kappa shape index (κ3) is 5.85. The van der Waals surface area contributed by atoms with Gasteiger partial charge in [0.25, 0.3) is 0 Å². The van der Waals surface area contributed by atoms with Crippen LogP contribution in [0.1, 0.15) is 11.3 Å². The predicted octanol–water partition coefficient (Wildman–Crippen LogP) is 4.72. The third-order valence-electron chi connectivity index (χ3n) is 4.35. The molecule has 170 valence electrons. The minimum atomic E-state index is -2.96. The van der Waals surface area contributed by atoms with Crippen molar-refractivity contribution in [2.45, 2.75) is 19.6 Å². The molecule has 0 spiro atoms. The summed E-state index contributed by atoms with van der Waals surface area (Å²) in [5.74, 6) is 0.755. The van der Waals surface area contributed by atoms with Crippen molar-refractivity contribution in [3.63, 3.8) is 0 Å². The molecule has 0 unspecified atom stereocenters. The molecule has 0 amide bonds. The maximum atomic E-state index is 12.4. The molecule has 0 atom stereocenters. The van der Waals surface area contributed by atoms with Gasteiger partial charge in [0.2, 0.25) is 0 Å². The fourth-order valence-electron chi connectivity index (χ4n) is 2.85. The molecule has 32 heavy (non-hydrogen) atoms. The molecule has 0 aliphatic carbocycles. The SMILES string of the molecule is COc1ccc(-c2nc(CC(=O)OCc3ccc(OC(F)F)c(OC)c3)cs2)cc1OC. The second kappa shape index (κ2) is 10.8. The molecule has 10 heteroatoms. The van der Waals surface area contributed by atoms with Crippen LogP contribution in [0.15, 0.2) is 41.8 Å². The zero-order valence-electron chi connectivity index (χ0n) is 17.6. The van der Waals surface area contributed by atoms with Crippen molar-refractivity contribution in [3.05, 3.63) is 53.0 Å². The number of nitrogens with zero attached hydrogens (tertiary/aromatic N) is 1. The molecule has 3 rings (SSSR count). The van der Waals surface area contributed by atoms with E-state index in [9.17, 15) is 13.6 Å². The second-order valence-electron chi connectivity index (χ2n) is 6.41. The number of hydrogen-bond donors (Lipinski definition) is 0. The van der Waals surface area contributed by atoms with Crippen molar-refractivity contribution >= 4 is 17.3 Å². The van der Waals surface area contributed by atoms with E-state index in [-0.39, 0.29) is 24.5 Å². The van der Waals surface area contributed by atoms with Crippen molar-refractivity contribution in [2.75, 3.05) is 21.3 Å². The van der Waals surface area contributed by atoms with Gasteiger partial charge in [0.05, 0.1) is 33.4 Å². The smallest absolute Gasteiger partial charge is 0.387 e. The minimum Gasteiger partial charge on any atom is -0.493 e. The normalized spacial score (nSPS) is 10.7. The monoisotopic (exact) mass is 465 g/mol. The standard InChI is InChI=1S/C22H21F2NO6S/c1-27-16-7-5-14(9-19(16)29-3)21-25-15(12-32-21)10-20(26)30-11-13-4-6-17(31-22(23)24)18(8-13)28-2/h4-9,12,22H,10-11H2,1-3H3. The number of esters is 1. The van der Waals surface area contributed by atoms with E-state index in [1.54, 1.807) is 25.7 Å². The lowest BCUT2D eigenvalue weighted by atomic mass is 10.2. The van der Waals surface area contributed by atoms with Crippen LogP contribution < -0.4 is 18.9 Å². The Bertz CT molecular complexity index is 1070. The van der Waals surface area contributed by atoms with E-state index in [2.05, 4.69) is 9.72 Å². The van der Waals surface area contributed by atoms with Crippen molar-refractivity contribution in [1.29, 1.82) is 0 Å². The van der Waals surface area contributed by atoms with Crippen LogP contribution in [-0.4, -0.2) is 38.9 Å². The molecule has 0 aliphatic heterocycles. The van der Waals surface area contributed by atoms with Gasteiger partial charge in [0.1, 0.15) is 11.6 Å². The number of carbonyl (C=O) groups is 1. The molecule has 1 aromatic heterocycles. The summed E-state index contributed by atoms with van der Waals surface area (Å²) < 4.78 is 50.1. The van der Waals surface area contributed by atoms with Gasteiger partial charge in [-0.05, 0) is 35.9 Å². The number of methoxy groups -OCH3 is 3. The maximum absolute atomic E-state index is 12.4. The highest BCUT2D eigenvalue weighted by Gasteiger charge is 2.14. The van der Waals surface area contributed by atoms with Gasteiger partial charge >= 0.3 is 12.6 Å². The number of halogens is 2. The predicted molar refractivity (Wildman–Crippen MR) is 114 cm³/mol. The Labute approximate surface area is 187 Å². The molecule has 1 heterocycles. The molecule has 0 saturated heterocycles. The summed E-state index contributed by atoms with van der Waals surface area (Å²) in [6, 6.07) is 9.79. The Morgan fingerprint density at radius 2 is 1.66 bits per heavy atom. The largest absolute Gasteiger partial charge is 0.493 e. The molecule has 3 aromatic rings. The van der Waals surface area contributed by atoms with E-state index in [1.807, 2.05) is 12.1 Å². The average molecular weight is 465 g/mol. The van der Waals surface area contributed by atoms with Gasteiger partial charge in [-0.3, -0.25) is 4.79 Å². The number of rotatable bonds is 10. The van der Waals surface area contributed by atoms with E-state index < -0.39 is 12.6 Å². The fourth-order valence-corrected chi connectivity index (χ4v) is 3.66. The van der Waals surface area contributed by atoms with Gasteiger partial charge < -0.3 is 23.7 Å². The Morgan fingerprint density at radius 3 is 2.34 bits per heavy atom. The van der Waals surface area contributed by atoms with Crippen LogP contribution in [0.4, 0.5) is 8.78 Å². The number of hydrogen-bond acceptors (Lipinski definition) is 8. The molecule has 0 fully saturated rings. The Morgan fingerprint density at radius 1 is 0.969 bits per heavy atom. The summed E-state index contributed by atoms with van der Waals surface area (Å²) in [7, 11) is 4.45. The minimum absolute atomic E-state index is 0.00645. The number of carbonyl (C=O) groups excluding carboxylic acids is 1. The van der Waals surface area contributed by atoms with Gasteiger partial charge in [-0.1, -0.05) is 6.07 Å². The molecular weight excluding hydrogens is 444 g/mol. The van der Waals surface area contributed by atoms with Gasteiger partial charge in [0, 0.05) is 10.9 Å². The third-order valence-corrected chi connectivity index (χ3v) is 5.29. The quantitative estimate of drug-likeness (QED) is 0.401. The molecule has 7 nitrogen and oxygen atoms in total. The Balaban J connectivity index is 1.60. The highest BCUT2D eigenvalue weighted by molar-refractivity contribution is 7.13. The number of thiazole rings is 1. The number of alkyl halides is 2. The van der Waals surface area contributed by atoms with Crippen LogP contribution in [0.5, 0.6) is 23.0 Å². The molecular formula is C22H21F2NO6S. The van der Waals surface area contributed by atoms with Crippen molar-refractivity contribution in [3.8, 4) is 33.6 Å². The highest BCUT2D eigenvalue weighted by Crippen LogP contribution is 2.34. The van der Waals surface area contributed by atoms with Crippen molar-refractivity contribution in [1.82, 2.24) is 4.98 Å². The first kappa shape index (κ1) is 23.3. The summed E-state index contributed by atoms with van der Waals surface area (Å²) in [6.45, 7) is -3.01. The molecule has 0 bridgehead atoms. The molecule has 0 saturated carbocycles. The van der Waals surface area contributed by atoms with Gasteiger partial charge in [-0.25, -0.2) is 4.98 Å². The summed E-state index contributed by atoms with van der Waals surface area (Å²) in [4.78, 5) is 16.7. The second-order valence-corrected chi connectivity index (χ2v) is 7.27. The Hall–Kier alpha value is -3.40. The van der Waals surface area contributed by atoms with Crippen LogP contribution in [0.3, 0.4) is 0 Å². The van der Waals surface area contributed by atoms with E-state index in [0.717, 1.165) is 10.6 Å². The molecule has 0 N–H and O–H groups in total. The van der Waals surface area contributed by atoms with Crippen molar-refractivity contribution in [2.24, 2.45) is 0 Å².